The van der Waals surface area contributed by atoms with Crippen LogP contribution in [0.3, 0.4) is 0 Å². The van der Waals surface area contributed by atoms with Gasteiger partial charge in [0.1, 0.15) is 11.6 Å². The Kier molecular flexibility index (Phi) is 5.39. The number of nitrogens with one attached hydrogen (secondary N) is 1. The number of hydrogen-bond acceptors (Lipinski definition) is 3. The lowest BCUT2D eigenvalue weighted by Gasteiger charge is -2.22. The van der Waals surface area contributed by atoms with Crippen molar-refractivity contribution in [1.82, 2.24) is 5.32 Å². The number of benzene rings is 1. The Morgan fingerprint density at radius 2 is 2.05 bits per heavy atom. The third-order valence-electron chi connectivity index (χ3n) is 3.57. The largest absolute Gasteiger partial charge is 0.469 e. The van der Waals surface area contributed by atoms with Gasteiger partial charge in [0.25, 0.3) is 0 Å². The minimum atomic E-state index is -0.194. The number of rotatable bonds is 7. The van der Waals surface area contributed by atoms with E-state index >= 15 is 0 Å². The summed E-state index contributed by atoms with van der Waals surface area (Å²) in [6, 6.07) is 6.94. The average Bonchev–Trinajstić information content (AvgIpc) is 2.84. The van der Waals surface area contributed by atoms with E-state index in [-0.39, 0.29) is 5.82 Å². The summed E-state index contributed by atoms with van der Waals surface area (Å²) in [5, 5.41) is 3.33. The van der Waals surface area contributed by atoms with Gasteiger partial charge >= 0.3 is 0 Å². The lowest BCUT2D eigenvalue weighted by Crippen LogP contribution is -2.21. The minimum absolute atomic E-state index is 0.194. The molecule has 2 aromatic rings. The second kappa shape index (κ2) is 7.27. The van der Waals surface area contributed by atoms with Crippen LogP contribution < -0.4 is 10.2 Å². The van der Waals surface area contributed by atoms with Gasteiger partial charge in [0.15, 0.2) is 0 Å². The zero-order valence-electron chi connectivity index (χ0n) is 12.9. The second-order valence-corrected chi connectivity index (χ2v) is 5.31. The summed E-state index contributed by atoms with van der Waals surface area (Å²) >= 11 is 0. The lowest BCUT2D eigenvalue weighted by molar-refractivity contribution is 0.529. The van der Waals surface area contributed by atoms with E-state index in [1.54, 1.807) is 12.3 Å². The molecule has 1 aromatic carbocycles. The van der Waals surface area contributed by atoms with E-state index in [0.717, 1.165) is 42.1 Å². The Bertz CT molecular complexity index is 580. The van der Waals surface area contributed by atoms with Crippen LogP contribution in [-0.4, -0.2) is 13.6 Å². The molecule has 1 N–H and O–H groups in total. The number of halogens is 1. The highest BCUT2D eigenvalue weighted by Gasteiger charge is 2.11. The fourth-order valence-electron chi connectivity index (χ4n) is 2.38. The van der Waals surface area contributed by atoms with Crippen LogP contribution in [0.4, 0.5) is 10.1 Å². The number of hydrogen-bond donors (Lipinski definition) is 1. The molecule has 0 fully saturated rings. The van der Waals surface area contributed by atoms with Crippen molar-refractivity contribution < 1.29 is 8.81 Å². The van der Waals surface area contributed by atoms with Gasteiger partial charge in [0.05, 0.1) is 6.26 Å². The van der Waals surface area contributed by atoms with Crippen molar-refractivity contribution in [1.29, 1.82) is 0 Å². The van der Waals surface area contributed by atoms with Gasteiger partial charge < -0.3 is 14.6 Å². The van der Waals surface area contributed by atoms with E-state index in [0.29, 0.717) is 6.54 Å². The van der Waals surface area contributed by atoms with E-state index in [2.05, 4.69) is 17.1 Å². The predicted molar refractivity (Wildman–Crippen MR) is 83.9 cm³/mol. The van der Waals surface area contributed by atoms with Crippen LogP contribution in [-0.2, 0) is 13.1 Å². The summed E-state index contributed by atoms with van der Waals surface area (Å²) in [5.74, 6) is 0.731. The summed E-state index contributed by atoms with van der Waals surface area (Å²) in [6.45, 7) is 6.43. The van der Waals surface area contributed by atoms with Crippen molar-refractivity contribution in [2.24, 2.45) is 0 Å². The molecule has 0 atom stereocenters. The molecule has 1 aromatic heterocycles. The van der Waals surface area contributed by atoms with Crippen molar-refractivity contribution in [3.63, 3.8) is 0 Å². The van der Waals surface area contributed by atoms with Gasteiger partial charge in [0, 0.05) is 31.4 Å². The standard InChI is InChI=1S/C17H23FN2O/c1-4-8-19-11-15-10-16(18)5-6-17(15)20(3)12-14-7-9-21-13(14)2/h5-7,9-10,19H,4,8,11-12H2,1-3H3. The monoisotopic (exact) mass is 290 g/mol. The van der Waals surface area contributed by atoms with Gasteiger partial charge in [-0.15, -0.1) is 0 Å². The van der Waals surface area contributed by atoms with Crippen LogP contribution in [0.2, 0.25) is 0 Å². The number of aryl methyl sites for hydroxylation is 1. The van der Waals surface area contributed by atoms with Crippen molar-refractivity contribution in [3.8, 4) is 0 Å². The Labute approximate surface area is 125 Å². The number of anilines is 1. The molecule has 21 heavy (non-hydrogen) atoms. The van der Waals surface area contributed by atoms with Gasteiger partial charge in [-0.3, -0.25) is 0 Å². The molecule has 2 rings (SSSR count). The molecule has 0 saturated carbocycles. The molecule has 114 valence electrons. The van der Waals surface area contributed by atoms with E-state index in [1.807, 2.05) is 26.1 Å². The maximum atomic E-state index is 13.5. The Morgan fingerprint density at radius 3 is 2.71 bits per heavy atom. The zero-order chi connectivity index (χ0) is 15.2. The summed E-state index contributed by atoms with van der Waals surface area (Å²) in [4.78, 5) is 2.13. The van der Waals surface area contributed by atoms with E-state index in [9.17, 15) is 4.39 Å². The minimum Gasteiger partial charge on any atom is -0.469 e. The molecule has 3 nitrogen and oxygen atoms in total. The Morgan fingerprint density at radius 1 is 1.24 bits per heavy atom. The highest BCUT2D eigenvalue weighted by atomic mass is 19.1. The molecular formula is C17H23FN2O. The van der Waals surface area contributed by atoms with E-state index in [4.69, 9.17) is 4.42 Å². The molecule has 0 unspecified atom stereocenters. The van der Waals surface area contributed by atoms with Crippen LogP contribution in [0.25, 0.3) is 0 Å². The molecular weight excluding hydrogens is 267 g/mol. The summed E-state index contributed by atoms with van der Waals surface area (Å²) in [6.07, 6.45) is 2.77. The number of furan rings is 1. The first-order chi connectivity index (χ1) is 10.1. The van der Waals surface area contributed by atoms with Crippen molar-refractivity contribution in [3.05, 3.63) is 53.2 Å². The van der Waals surface area contributed by atoms with Gasteiger partial charge in [0.2, 0.25) is 0 Å². The zero-order valence-corrected chi connectivity index (χ0v) is 12.9. The molecule has 0 aliphatic rings. The van der Waals surface area contributed by atoms with Crippen LogP contribution in [0.15, 0.2) is 34.9 Å². The molecule has 4 heteroatoms. The van der Waals surface area contributed by atoms with Crippen LogP contribution in [0.1, 0.15) is 30.2 Å². The van der Waals surface area contributed by atoms with Gasteiger partial charge in [-0.05, 0) is 49.7 Å². The highest BCUT2D eigenvalue weighted by Crippen LogP contribution is 2.23. The SMILES string of the molecule is CCCNCc1cc(F)ccc1N(C)Cc1ccoc1C. The maximum absolute atomic E-state index is 13.5. The van der Waals surface area contributed by atoms with Crippen LogP contribution in [0.5, 0.6) is 0 Å². The van der Waals surface area contributed by atoms with Crippen molar-refractivity contribution in [2.45, 2.75) is 33.4 Å². The normalized spacial score (nSPS) is 10.9. The third kappa shape index (κ3) is 4.08. The van der Waals surface area contributed by atoms with Gasteiger partial charge in [-0.2, -0.15) is 0 Å². The molecule has 0 aliphatic carbocycles. The fourth-order valence-corrected chi connectivity index (χ4v) is 2.38. The molecule has 0 amide bonds. The molecule has 0 spiro atoms. The molecule has 0 bridgehead atoms. The molecule has 0 radical (unpaired) electrons. The van der Waals surface area contributed by atoms with Gasteiger partial charge in [-0.1, -0.05) is 6.92 Å². The molecule has 0 aliphatic heterocycles. The van der Waals surface area contributed by atoms with Crippen molar-refractivity contribution >= 4 is 5.69 Å². The Hall–Kier alpha value is -1.81. The second-order valence-electron chi connectivity index (χ2n) is 5.31. The third-order valence-corrected chi connectivity index (χ3v) is 3.57. The smallest absolute Gasteiger partial charge is 0.123 e. The fraction of sp³-hybridized carbons (Fsp3) is 0.412. The average molecular weight is 290 g/mol. The van der Waals surface area contributed by atoms with Gasteiger partial charge in [-0.25, -0.2) is 4.39 Å². The first-order valence-electron chi connectivity index (χ1n) is 7.35. The first kappa shape index (κ1) is 15.6. The topological polar surface area (TPSA) is 28.4 Å². The van der Waals surface area contributed by atoms with E-state index in [1.165, 1.54) is 6.07 Å². The summed E-state index contributed by atoms with van der Waals surface area (Å²) in [5.41, 5.74) is 3.17. The van der Waals surface area contributed by atoms with Crippen molar-refractivity contribution in [2.75, 3.05) is 18.5 Å². The van der Waals surface area contributed by atoms with Crippen LogP contribution >= 0.6 is 0 Å². The Balaban J connectivity index is 2.15. The first-order valence-corrected chi connectivity index (χ1v) is 7.35. The quantitative estimate of drug-likeness (QED) is 0.785. The summed E-state index contributed by atoms with van der Waals surface area (Å²) in [7, 11) is 2.02. The number of nitrogens with zero attached hydrogens (tertiary/aromatic N) is 1. The molecule has 1 heterocycles. The lowest BCUT2D eigenvalue weighted by atomic mass is 10.1. The van der Waals surface area contributed by atoms with Crippen LogP contribution in [0, 0.1) is 12.7 Å². The molecule has 0 saturated heterocycles. The van der Waals surface area contributed by atoms with E-state index < -0.39 is 0 Å². The highest BCUT2D eigenvalue weighted by molar-refractivity contribution is 5.53. The maximum Gasteiger partial charge on any atom is 0.123 e. The predicted octanol–water partition coefficient (Wildman–Crippen LogP) is 3.86. The summed E-state index contributed by atoms with van der Waals surface area (Å²) < 4.78 is 18.8.